The Bertz CT molecular complexity index is 952. The summed E-state index contributed by atoms with van der Waals surface area (Å²) < 4.78 is 32.8. The number of nitrogens with one attached hydrogen (secondary N) is 1. The van der Waals surface area contributed by atoms with Crippen LogP contribution in [0.2, 0.25) is 0 Å². The number of furan rings is 1. The summed E-state index contributed by atoms with van der Waals surface area (Å²) in [7, 11) is 0. The Hall–Kier alpha value is -3.49. The zero-order valence-corrected chi connectivity index (χ0v) is 14.8. The molecule has 9 heteroatoms. The summed E-state index contributed by atoms with van der Waals surface area (Å²) in [6.07, 6.45) is 2.80. The predicted octanol–water partition coefficient (Wildman–Crippen LogP) is 3.05. The summed E-state index contributed by atoms with van der Waals surface area (Å²) in [6.45, 7) is 2.15. The number of carbonyl (C=O) groups is 1. The van der Waals surface area contributed by atoms with Crippen LogP contribution in [0.15, 0.2) is 53.4 Å². The van der Waals surface area contributed by atoms with E-state index in [2.05, 4.69) is 15.3 Å². The number of amides is 1. The Morgan fingerprint density at radius 2 is 1.79 bits per heavy atom. The Labute approximate surface area is 159 Å². The SMILES string of the molecule is O=C(c1ccco1)N1CCN(c2cc(Nc3c(F)cccc3F)ncn2)CC1. The number of hydrogen-bond donors (Lipinski definition) is 1. The summed E-state index contributed by atoms with van der Waals surface area (Å²) in [4.78, 5) is 24.3. The Balaban J connectivity index is 1.43. The van der Waals surface area contributed by atoms with E-state index < -0.39 is 11.6 Å². The smallest absolute Gasteiger partial charge is 0.289 e. The molecule has 0 radical (unpaired) electrons. The second-order valence-electron chi connectivity index (χ2n) is 6.24. The van der Waals surface area contributed by atoms with Crippen molar-refractivity contribution in [2.45, 2.75) is 0 Å². The van der Waals surface area contributed by atoms with Crippen molar-refractivity contribution in [2.24, 2.45) is 0 Å². The molecule has 1 amide bonds. The van der Waals surface area contributed by atoms with Crippen LogP contribution < -0.4 is 10.2 Å². The lowest BCUT2D eigenvalue weighted by atomic mass is 10.2. The van der Waals surface area contributed by atoms with Crippen molar-refractivity contribution < 1.29 is 18.0 Å². The maximum absolute atomic E-state index is 13.8. The average Bonchev–Trinajstić information content (AvgIpc) is 3.26. The number of rotatable bonds is 4. The molecule has 0 saturated carbocycles. The molecule has 1 aliphatic heterocycles. The molecule has 0 unspecified atom stereocenters. The fourth-order valence-electron chi connectivity index (χ4n) is 3.03. The number of benzene rings is 1. The zero-order valence-electron chi connectivity index (χ0n) is 14.8. The van der Waals surface area contributed by atoms with Crippen molar-refractivity contribution >= 4 is 23.2 Å². The van der Waals surface area contributed by atoms with Crippen LogP contribution >= 0.6 is 0 Å². The molecular formula is C19H17F2N5O2. The highest BCUT2D eigenvalue weighted by molar-refractivity contribution is 5.91. The third-order valence-electron chi connectivity index (χ3n) is 4.49. The number of carbonyl (C=O) groups excluding carboxylic acids is 1. The van der Waals surface area contributed by atoms with Crippen LogP contribution in [-0.4, -0.2) is 47.0 Å². The van der Waals surface area contributed by atoms with E-state index in [1.165, 1.54) is 30.8 Å². The van der Waals surface area contributed by atoms with E-state index in [0.29, 0.717) is 37.8 Å². The maximum Gasteiger partial charge on any atom is 0.289 e. The lowest BCUT2D eigenvalue weighted by Crippen LogP contribution is -2.49. The Morgan fingerprint density at radius 1 is 1.04 bits per heavy atom. The van der Waals surface area contributed by atoms with Crippen molar-refractivity contribution in [3.05, 3.63) is 66.4 Å². The molecule has 1 N–H and O–H groups in total. The van der Waals surface area contributed by atoms with Crippen LogP contribution in [0, 0.1) is 11.6 Å². The van der Waals surface area contributed by atoms with Gasteiger partial charge in [-0.3, -0.25) is 4.79 Å². The molecule has 3 aromatic rings. The van der Waals surface area contributed by atoms with E-state index >= 15 is 0 Å². The minimum absolute atomic E-state index is 0.148. The standard InChI is InChI=1S/C19H17F2N5O2/c20-13-3-1-4-14(21)18(13)24-16-11-17(23-12-22-16)25-6-8-26(9-7-25)19(27)15-5-2-10-28-15/h1-5,10-12H,6-9H2,(H,22,23,24). The van der Waals surface area contributed by atoms with E-state index in [4.69, 9.17) is 4.42 Å². The van der Waals surface area contributed by atoms with Gasteiger partial charge in [-0.2, -0.15) is 0 Å². The molecule has 0 atom stereocenters. The van der Waals surface area contributed by atoms with Crippen molar-refractivity contribution in [1.82, 2.24) is 14.9 Å². The second-order valence-corrected chi connectivity index (χ2v) is 6.24. The third-order valence-corrected chi connectivity index (χ3v) is 4.49. The molecule has 28 heavy (non-hydrogen) atoms. The molecule has 1 fully saturated rings. The van der Waals surface area contributed by atoms with Gasteiger partial charge >= 0.3 is 0 Å². The first-order valence-electron chi connectivity index (χ1n) is 8.72. The summed E-state index contributed by atoms with van der Waals surface area (Å²) in [5.74, 6) is -0.350. The van der Waals surface area contributed by atoms with Gasteiger partial charge in [0, 0.05) is 32.2 Å². The van der Waals surface area contributed by atoms with E-state index in [1.54, 1.807) is 23.1 Å². The van der Waals surface area contributed by atoms with Gasteiger partial charge in [-0.15, -0.1) is 0 Å². The first kappa shape index (κ1) is 17.9. The van der Waals surface area contributed by atoms with E-state index in [1.807, 2.05) is 4.90 Å². The summed E-state index contributed by atoms with van der Waals surface area (Å²) >= 11 is 0. The molecule has 1 aromatic carbocycles. The Kier molecular flexibility index (Phi) is 4.88. The molecule has 0 spiro atoms. The summed E-state index contributed by atoms with van der Waals surface area (Å²) in [5.41, 5.74) is -0.263. The van der Waals surface area contributed by atoms with Gasteiger partial charge in [0.1, 0.15) is 35.3 Å². The lowest BCUT2D eigenvalue weighted by Gasteiger charge is -2.35. The van der Waals surface area contributed by atoms with Crippen LogP contribution in [0.5, 0.6) is 0 Å². The highest BCUT2D eigenvalue weighted by Gasteiger charge is 2.24. The van der Waals surface area contributed by atoms with Gasteiger partial charge in [0.25, 0.3) is 5.91 Å². The van der Waals surface area contributed by atoms with Crippen molar-refractivity contribution in [1.29, 1.82) is 0 Å². The molecule has 1 aliphatic rings. The molecular weight excluding hydrogens is 368 g/mol. The highest BCUT2D eigenvalue weighted by atomic mass is 19.1. The highest BCUT2D eigenvalue weighted by Crippen LogP contribution is 2.24. The number of para-hydroxylation sites is 1. The molecule has 4 rings (SSSR count). The fraction of sp³-hybridized carbons (Fsp3) is 0.211. The largest absolute Gasteiger partial charge is 0.459 e. The van der Waals surface area contributed by atoms with E-state index in [-0.39, 0.29) is 17.4 Å². The Morgan fingerprint density at radius 3 is 2.46 bits per heavy atom. The van der Waals surface area contributed by atoms with Crippen molar-refractivity contribution in [2.75, 3.05) is 36.4 Å². The molecule has 1 saturated heterocycles. The number of nitrogens with zero attached hydrogens (tertiary/aromatic N) is 4. The maximum atomic E-state index is 13.8. The van der Waals surface area contributed by atoms with Gasteiger partial charge in [-0.1, -0.05) is 6.07 Å². The average molecular weight is 385 g/mol. The second kappa shape index (κ2) is 7.63. The number of hydrogen-bond acceptors (Lipinski definition) is 6. The van der Waals surface area contributed by atoms with E-state index in [9.17, 15) is 13.6 Å². The molecule has 144 valence electrons. The van der Waals surface area contributed by atoms with Crippen molar-refractivity contribution in [3.63, 3.8) is 0 Å². The topological polar surface area (TPSA) is 74.5 Å². The number of piperazine rings is 1. The monoisotopic (exact) mass is 385 g/mol. The molecule has 0 bridgehead atoms. The van der Waals surface area contributed by atoms with Crippen LogP contribution in [0.4, 0.5) is 26.1 Å². The molecule has 3 heterocycles. The molecule has 2 aromatic heterocycles. The van der Waals surface area contributed by atoms with Gasteiger partial charge in [-0.05, 0) is 24.3 Å². The summed E-state index contributed by atoms with van der Waals surface area (Å²) in [6, 6.07) is 8.57. The number of aromatic nitrogens is 2. The first-order valence-corrected chi connectivity index (χ1v) is 8.72. The molecule has 0 aliphatic carbocycles. The molecule has 7 nitrogen and oxygen atoms in total. The van der Waals surface area contributed by atoms with Crippen LogP contribution in [0.1, 0.15) is 10.6 Å². The zero-order chi connectivity index (χ0) is 19.5. The van der Waals surface area contributed by atoms with Crippen LogP contribution in [-0.2, 0) is 0 Å². The van der Waals surface area contributed by atoms with Gasteiger partial charge in [0.15, 0.2) is 5.76 Å². The van der Waals surface area contributed by atoms with Crippen LogP contribution in [0.25, 0.3) is 0 Å². The summed E-state index contributed by atoms with van der Waals surface area (Å²) in [5, 5.41) is 2.66. The fourth-order valence-corrected chi connectivity index (χ4v) is 3.03. The van der Waals surface area contributed by atoms with Crippen LogP contribution in [0.3, 0.4) is 0 Å². The third kappa shape index (κ3) is 3.64. The van der Waals surface area contributed by atoms with E-state index in [0.717, 1.165) is 0 Å². The first-order chi connectivity index (χ1) is 13.6. The quantitative estimate of drug-likeness (QED) is 0.744. The predicted molar refractivity (Wildman–Crippen MR) is 98.5 cm³/mol. The van der Waals surface area contributed by atoms with Gasteiger partial charge in [0.05, 0.1) is 6.26 Å². The lowest BCUT2D eigenvalue weighted by molar-refractivity contribution is 0.0714. The number of anilines is 3. The van der Waals surface area contributed by atoms with Crippen molar-refractivity contribution in [3.8, 4) is 0 Å². The minimum atomic E-state index is -0.704. The minimum Gasteiger partial charge on any atom is -0.459 e. The number of halogens is 2. The normalized spacial score (nSPS) is 14.2. The van der Waals surface area contributed by atoms with Gasteiger partial charge in [0.2, 0.25) is 0 Å². The van der Waals surface area contributed by atoms with Gasteiger partial charge < -0.3 is 19.5 Å². The van der Waals surface area contributed by atoms with Gasteiger partial charge in [-0.25, -0.2) is 18.7 Å².